The Hall–Kier alpha value is -2.57. The van der Waals surface area contributed by atoms with Crippen molar-refractivity contribution in [3.63, 3.8) is 0 Å². The summed E-state index contributed by atoms with van der Waals surface area (Å²) in [6.45, 7) is 0.0576. The number of rotatable bonds is 3. The smallest absolute Gasteiger partial charge is 0.271 e. The molecule has 0 saturated heterocycles. The van der Waals surface area contributed by atoms with Gasteiger partial charge in [-0.3, -0.25) is 4.79 Å². The number of carbonyl (C=O) groups excluding carboxylic acids is 1. The van der Waals surface area contributed by atoms with Crippen LogP contribution in [0.4, 0.5) is 14.6 Å². The molecule has 0 radical (unpaired) electrons. The van der Waals surface area contributed by atoms with Crippen molar-refractivity contribution in [2.24, 2.45) is 0 Å². The van der Waals surface area contributed by atoms with Crippen molar-refractivity contribution in [2.45, 2.75) is 6.54 Å². The maximum Gasteiger partial charge on any atom is 0.271 e. The van der Waals surface area contributed by atoms with E-state index in [-0.39, 0.29) is 18.1 Å². The first-order valence-corrected chi connectivity index (χ1v) is 5.36. The number of nitrogen functional groups attached to an aromatic ring is 1. The van der Waals surface area contributed by atoms with Crippen LogP contribution in [0, 0.1) is 11.6 Å². The van der Waals surface area contributed by atoms with E-state index in [1.807, 2.05) is 0 Å². The number of aromatic nitrogens is 2. The molecule has 0 atom stereocenters. The second kappa shape index (κ2) is 5.38. The Morgan fingerprint density at radius 3 is 2.63 bits per heavy atom. The summed E-state index contributed by atoms with van der Waals surface area (Å²) in [5.41, 5.74) is 5.87. The van der Waals surface area contributed by atoms with E-state index in [0.29, 0.717) is 5.56 Å². The van der Waals surface area contributed by atoms with Crippen molar-refractivity contribution in [1.82, 2.24) is 15.3 Å². The molecule has 1 amide bonds. The van der Waals surface area contributed by atoms with Gasteiger partial charge >= 0.3 is 0 Å². The zero-order valence-corrected chi connectivity index (χ0v) is 9.73. The lowest BCUT2D eigenvalue weighted by Crippen LogP contribution is -2.24. The van der Waals surface area contributed by atoms with Crippen LogP contribution in [0.5, 0.6) is 0 Å². The topological polar surface area (TPSA) is 80.9 Å². The molecular weight excluding hydrogens is 254 g/mol. The molecule has 1 aromatic heterocycles. The lowest BCUT2D eigenvalue weighted by atomic mass is 10.2. The zero-order chi connectivity index (χ0) is 13.8. The van der Waals surface area contributed by atoms with E-state index >= 15 is 0 Å². The molecule has 2 rings (SSSR count). The average molecular weight is 264 g/mol. The molecule has 19 heavy (non-hydrogen) atoms. The van der Waals surface area contributed by atoms with Crippen LogP contribution in [-0.4, -0.2) is 15.9 Å². The van der Waals surface area contributed by atoms with Crippen LogP contribution in [0.25, 0.3) is 0 Å². The van der Waals surface area contributed by atoms with Gasteiger partial charge in [-0.05, 0) is 17.7 Å². The molecule has 0 aliphatic heterocycles. The van der Waals surface area contributed by atoms with E-state index < -0.39 is 17.5 Å². The molecule has 0 aliphatic rings. The van der Waals surface area contributed by atoms with Gasteiger partial charge in [-0.25, -0.2) is 18.7 Å². The molecule has 0 fully saturated rings. The van der Waals surface area contributed by atoms with Crippen LogP contribution >= 0.6 is 0 Å². The molecule has 1 heterocycles. The van der Waals surface area contributed by atoms with Gasteiger partial charge in [-0.15, -0.1) is 0 Å². The van der Waals surface area contributed by atoms with Crippen LogP contribution in [0.15, 0.2) is 30.6 Å². The summed E-state index contributed by atoms with van der Waals surface area (Å²) < 4.78 is 25.7. The number of hydrogen-bond acceptors (Lipinski definition) is 4. The van der Waals surface area contributed by atoms with Gasteiger partial charge < -0.3 is 11.1 Å². The van der Waals surface area contributed by atoms with Gasteiger partial charge in [0.1, 0.15) is 11.5 Å². The summed E-state index contributed by atoms with van der Waals surface area (Å²) in [7, 11) is 0. The molecule has 98 valence electrons. The Morgan fingerprint density at radius 1 is 1.21 bits per heavy atom. The van der Waals surface area contributed by atoms with Crippen molar-refractivity contribution < 1.29 is 13.6 Å². The normalized spacial score (nSPS) is 10.2. The van der Waals surface area contributed by atoms with Crippen LogP contribution in [0.1, 0.15) is 16.1 Å². The van der Waals surface area contributed by atoms with Gasteiger partial charge in [-0.1, -0.05) is 6.07 Å². The number of nitrogens with two attached hydrogens (primary N) is 1. The first-order valence-electron chi connectivity index (χ1n) is 5.36. The fourth-order valence-electron chi connectivity index (χ4n) is 1.38. The maximum atomic E-state index is 12.9. The summed E-state index contributed by atoms with van der Waals surface area (Å²) in [5, 5.41) is 2.51. The van der Waals surface area contributed by atoms with E-state index in [0.717, 1.165) is 12.1 Å². The number of halogens is 2. The van der Waals surface area contributed by atoms with E-state index in [2.05, 4.69) is 15.3 Å². The Labute approximate surface area is 107 Å². The predicted octanol–water partition coefficient (Wildman–Crippen LogP) is 1.27. The zero-order valence-electron chi connectivity index (χ0n) is 9.73. The summed E-state index contributed by atoms with van der Waals surface area (Å²) in [4.78, 5) is 19.2. The van der Waals surface area contributed by atoms with Crippen molar-refractivity contribution in [3.05, 3.63) is 53.5 Å². The van der Waals surface area contributed by atoms with E-state index in [1.165, 1.54) is 18.5 Å². The van der Waals surface area contributed by atoms with Crippen LogP contribution in [0.2, 0.25) is 0 Å². The number of amides is 1. The molecule has 1 aromatic carbocycles. The van der Waals surface area contributed by atoms with Gasteiger partial charge in [0.05, 0.1) is 12.4 Å². The van der Waals surface area contributed by atoms with Crippen molar-refractivity contribution >= 4 is 11.7 Å². The second-order valence-electron chi connectivity index (χ2n) is 3.76. The third-order valence-electron chi connectivity index (χ3n) is 2.34. The fraction of sp³-hybridized carbons (Fsp3) is 0.0833. The Morgan fingerprint density at radius 2 is 2.00 bits per heavy atom. The summed E-state index contributed by atoms with van der Waals surface area (Å²) >= 11 is 0. The SMILES string of the molecule is Nc1cnc(C(=O)NCc2ccc(F)c(F)c2)cn1. The molecule has 0 bridgehead atoms. The van der Waals surface area contributed by atoms with Gasteiger partial charge in [0, 0.05) is 6.54 Å². The van der Waals surface area contributed by atoms with Gasteiger partial charge in [0.2, 0.25) is 0 Å². The highest BCUT2D eigenvalue weighted by atomic mass is 19.2. The Bertz CT molecular complexity index is 601. The summed E-state index contributed by atoms with van der Waals surface area (Å²) in [6, 6.07) is 3.40. The summed E-state index contributed by atoms with van der Waals surface area (Å²) in [5.74, 6) is -2.16. The van der Waals surface area contributed by atoms with E-state index in [4.69, 9.17) is 5.73 Å². The van der Waals surface area contributed by atoms with Crippen LogP contribution in [0.3, 0.4) is 0 Å². The number of benzene rings is 1. The lowest BCUT2D eigenvalue weighted by Gasteiger charge is -2.05. The van der Waals surface area contributed by atoms with Crippen LogP contribution in [-0.2, 0) is 6.54 Å². The quantitative estimate of drug-likeness (QED) is 0.874. The molecule has 7 heteroatoms. The number of nitrogens with one attached hydrogen (secondary N) is 1. The van der Waals surface area contributed by atoms with E-state index in [1.54, 1.807) is 0 Å². The van der Waals surface area contributed by atoms with Crippen molar-refractivity contribution in [1.29, 1.82) is 0 Å². The fourth-order valence-corrected chi connectivity index (χ4v) is 1.38. The van der Waals surface area contributed by atoms with Crippen molar-refractivity contribution in [2.75, 3.05) is 5.73 Å². The second-order valence-corrected chi connectivity index (χ2v) is 3.76. The number of nitrogens with zero attached hydrogens (tertiary/aromatic N) is 2. The third kappa shape index (κ3) is 3.21. The monoisotopic (exact) mass is 264 g/mol. The highest BCUT2D eigenvalue weighted by Crippen LogP contribution is 2.08. The molecule has 0 saturated carbocycles. The molecule has 0 unspecified atom stereocenters. The third-order valence-corrected chi connectivity index (χ3v) is 2.34. The molecule has 5 nitrogen and oxygen atoms in total. The lowest BCUT2D eigenvalue weighted by molar-refractivity contribution is 0.0945. The molecular formula is C12H10F2N4O. The molecule has 2 aromatic rings. The van der Waals surface area contributed by atoms with Gasteiger partial charge in [-0.2, -0.15) is 0 Å². The van der Waals surface area contributed by atoms with Gasteiger partial charge in [0.15, 0.2) is 11.6 Å². The van der Waals surface area contributed by atoms with Gasteiger partial charge in [0.25, 0.3) is 5.91 Å². The van der Waals surface area contributed by atoms with E-state index in [9.17, 15) is 13.6 Å². The number of anilines is 1. The van der Waals surface area contributed by atoms with Crippen molar-refractivity contribution in [3.8, 4) is 0 Å². The summed E-state index contributed by atoms with van der Waals surface area (Å²) in [6.07, 6.45) is 2.49. The molecule has 0 aliphatic carbocycles. The minimum absolute atomic E-state index is 0.0576. The Kier molecular flexibility index (Phi) is 3.65. The highest BCUT2D eigenvalue weighted by Gasteiger charge is 2.08. The van der Waals surface area contributed by atoms with Crippen LogP contribution < -0.4 is 11.1 Å². The highest BCUT2D eigenvalue weighted by molar-refractivity contribution is 5.91. The maximum absolute atomic E-state index is 12.9. The molecule has 0 spiro atoms. The number of hydrogen-bond donors (Lipinski definition) is 2. The minimum Gasteiger partial charge on any atom is -0.382 e. The first kappa shape index (κ1) is 12.9. The minimum atomic E-state index is -0.959. The Balaban J connectivity index is 2.00. The standard InChI is InChI=1S/C12H10F2N4O/c13-8-2-1-7(3-9(8)14)4-18-12(19)10-5-17-11(15)6-16-10/h1-3,5-6H,4H2,(H2,15,17)(H,18,19). The average Bonchev–Trinajstić information content (AvgIpc) is 2.40. The molecule has 3 N–H and O–H groups in total. The largest absolute Gasteiger partial charge is 0.382 e. The number of carbonyl (C=O) groups is 1. The first-order chi connectivity index (χ1) is 9.06. The predicted molar refractivity (Wildman–Crippen MR) is 64.0 cm³/mol.